The van der Waals surface area contributed by atoms with E-state index in [0.717, 1.165) is 0 Å². The normalized spacial score (nSPS) is 17.9. The van der Waals surface area contributed by atoms with Crippen LogP contribution in [0.2, 0.25) is 0 Å². The Morgan fingerprint density at radius 2 is 1.57 bits per heavy atom. The molecule has 1 saturated heterocycles. The van der Waals surface area contributed by atoms with Gasteiger partial charge in [-0.25, -0.2) is 0 Å². The van der Waals surface area contributed by atoms with Crippen LogP contribution >= 0.6 is 0 Å². The van der Waals surface area contributed by atoms with Crippen molar-refractivity contribution < 1.29 is 24.5 Å². The molecule has 1 amide bonds. The monoisotopic (exact) mass is 401 g/mol. The number of Topliss-reactive ketones (excluding diaryl/α,β-unsaturated/α-hetero) is 1. The van der Waals surface area contributed by atoms with E-state index < -0.39 is 17.7 Å². The van der Waals surface area contributed by atoms with Crippen LogP contribution in [0, 0.1) is 0 Å². The zero-order chi connectivity index (χ0) is 21.3. The second-order valence-electron chi connectivity index (χ2n) is 6.80. The van der Waals surface area contributed by atoms with Gasteiger partial charge in [0.05, 0.1) is 18.7 Å². The fourth-order valence-corrected chi connectivity index (χ4v) is 3.62. The van der Waals surface area contributed by atoms with Crippen molar-refractivity contribution >= 4 is 23.1 Å². The topological polar surface area (TPSA) is 87.1 Å². The maximum absolute atomic E-state index is 13.0. The number of ether oxygens (including phenoxy) is 1. The van der Waals surface area contributed by atoms with E-state index in [2.05, 4.69) is 0 Å². The molecule has 150 valence electrons. The number of aromatic hydroxyl groups is 1. The molecule has 0 bridgehead atoms. The van der Waals surface area contributed by atoms with Crippen molar-refractivity contribution in [1.29, 1.82) is 0 Å². The number of hydrogen-bond acceptors (Lipinski definition) is 5. The Hall–Kier alpha value is -4.06. The predicted molar refractivity (Wildman–Crippen MR) is 112 cm³/mol. The Bertz CT molecular complexity index is 1140. The highest BCUT2D eigenvalue weighted by molar-refractivity contribution is 6.51. The fourth-order valence-electron chi connectivity index (χ4n) is 3.62. The molecule has 6 nitrogen and oxygen atoms in total. The molecule has 30 heavy (non-hydrogen) atoms. The summed E-state index contributed by atoms with van der Waals surface area (Å²) >= 11 is 0. The van der Waals surface area contributed by atoms with Crippen molar-refractivity contribution in [3.63, 3.8) is 0 Å². The van der Waals surface area contributed by atoms with Crippen LogP contribution in [0.1, 0.15) is 17.2 Å². The summed E-state index contributed by atoms with van der Waals surface area (Å²) < 4.78 is 5.20. The van der Waals surface area contributed by atoms with Gasteiger partial charge in [0.1, 0.15) is 5.76 Å². The lowest BCUT2D eigenvalue weighted by molar-refractivity contribution is -0.132. The minimum atomic E-state index is -0.887. The summed E-state index contributed by atoms with van der Waals surface area (Å²) in [6.07, 6.45) is 0. The van der Waals surface area contributed by atoms with Gasteiger partial charge < -0.3 is 14.9 Å². The summed E-state index contributed by atoms with van der Waals surface area (Å²) in [4.78, 5) is 27.4. The van der Waals surface area contributed by atoms with Crippen LogP contribution in [0.25, 0.3) is 5.76 Å². The van der Waals surface area contributed by atoms with Crippen LogP contribution in [-0.2, 0) is 9.59 Å². The van der Waals surface area contributed by atoms with Gasteiger partial charge in [-0.05, 0) is 29.8 Å². The van der Waals surface area contributed by atoms with Gasteiger partial charge in [0.2, 0.25) is 0 Å². The molecular formula is C24H19NO5. The zero-order valence-electron chi connectivity index (χ0n) is 16.1. The van der Waals surface area contributed by atoms with E-state index in [-0.39, 0.29) is 22.8 Å². The number of nitrogens with zero attached hydrogens (tertiary/aromatic N) is 1. The van der Waals surface area contributed by atoms with Crippen LogP contribution in [0.3, 0.4) is 0 Å². The highest BCUT2D eigenvalue weighted by Crippen LogP contribution is 2.43. The van der Waals surface area contributed by atoms with E-state index in [1.54, 1.807) is 66.7 Å². The fraction of sp³-hybridized carbons (Fsp3) is 0.0833. The van der Waals surface area contributed by atoms with Crippen LogP contribution in [0.15, 0.2) is 84.4 Å². The summed E-state index contributed by atoms with van der Waals surface area (Å²) in [6, 6.07) is 21.1. The number of phenolic OH excluding ortho intramolecular Hbond substituents is 1. The van der Waals surface area contributed by atoms with Crippen molar-refractivity contribution in [3.8, 4) is 11.5 Å². The highest BCUT2D eigenvalue weighted by atomic mass is 16.5. The third-order valence-corrected chi connectivity index (χ3v) is 5.05. The SMILES string of the molecule is COc1cc([C@H]2C(=C(O)c3ccccc3)C(=O)C(=O)N2c2ccccc2)ccc1O. The number of methoxy groups -OCH3 is 1. The maximum Gasteiger partial charge on any atom is 0.300 e. The first kappa shape index (κ1) is 19.3. The molecule has 1 aliphatic rings. The molecule has 0 radical (unpaired) electrons. The number of carbonyl (C=O) groups excluding carboxylic acids is 2. The lowest BCUT2D eigenvalue weighted by Gasteiger charge is -2.25. The molecule has 0 unspecified atom stereocenters. The minimum Gasteiger partial charge on any atom is -0.507 e. The third-order valence-electron chi connectivity index (χ3n) is 5.05. The van der Waals surface area contributed by atoms with Crippen molar-refractivity contribution in [2.45, 2.75) is 6.04 Å². The molecule has 0 saturated carbocycles. The molecule has 1 atom stereocenters. The second-order valence-corrected chi connectivity index (χ2v) is 6.80. The summed E-state index contributed by atoms with van der Waals surface area (Å²) in [5.41, 5.74) is 1.44. The number of ketones is 1. The lowest BCUT2D eigenvalue weighted by Crippen LogP contribution is -2.29. The summed E-state index contributed by atoms with van der Waals surface area (Å²) in [7, 11) is 1.41. The molecule has 3 aromatic carbocycles. The predicted octanol–water partition coefficient (Wildman–Crippen LogP) is 4.03. The van der Waals surface area contributed by atoms with Gasteiger partial charge >= 0.3 is 0 Å². The number of amides is 1. The van der Waals surface area contributed by atoms with Crippen molar-refractivity contribution in [2.24, 2.45) is 0 Å². The molecule has 0 spiro atoms. The van der Waals surface area contributed by atoms with E-state index in [4.69, 9.17) is 4.74 Å². The molecule has 2 N–H and O–H groups in total. The van der Waals surface area contributed by atoms with Gasteiger partial charge in [0.25, 0.3) is 11.7 Å². The standard InChI is InChI=1S/C24H19NO5/c1-30-19-14-16(12-13-18(19)26)21-20(22(27)15-8-4-2-5-9-15)23(28)24(29)25(21)17-10-6-3-7-11-17/h2-14,21,26-27H,1H3/t21-/m0/s1. The van der Waals surface area contributed by atoms with Gasteiger partial charge in [-0.1, -0.05) is 54.6 Å². The zero-order valence-corrected chi connectivity index (χ0v) is 16.1. The van der Waals surface area contributed by atoms with Crippen molar-refractivity contribution in [1.82, 2.24) is 0 Å². The van der Waals surface area contributed by atoms with Crippen LogP contribution in [-0.4, -0.2) is 29.0 Å². The molecule has 0 aliphatic carbocycles. The smallest absolute Gasteiger partial charge is 0.300 e. The van der Waals surface area contributed by atoms with Gasteiger partial charge in [0.15, 0.2) is 11.5 Å². The summed E-state index contributed by atoms with van der Waals surface area (Å²) in [5, 5.41) is 21.0. The molecule has 4 rings (SSSR count). The van der Waals surface area contributed by atoms with Crippen LogP contribution < -0.4 is 9.64 Å². The Morgan fingerprint density at radius 1 is 0.933 bits per heavy atom. The average molecular weight is 401 g/mol. The number of anilines is 1. The molecule has 3 aromatic rings. The van der Waals surface area contributed by atoms with Crippen LogP contribution in [0.4, 0.5) is 5.69 Å². The molecule has 0 aromatic heterocycles. The lowest BCUT2D eigenvalue weighted by atomic mass is 9.95. The number of benzene rings is 3. The molecule has 1 fully saturated rings. The van der Waals surface area contributed by atoms with Gasteiger partial charge in [-0.3, -0.25) is 14.5 Å². The van der Waals surface area contributed by atoms with E-state index in [1.165, 1.54) is 18.1 Å². The summed E-state index contributed by atoms with van der Waals surface area (Å²) in [6.45, 7) is 0. The van der Waals surface area contributed by atoms with Crippen LogP contribution in [0.5, 0.6) is 11.5 Å². The van der Waals surface area contributed by atoms with Gasteiger partial charge in [-0.2, -0.15) is 0 Å². The average Bonchev–Trinajstić information content (AvgIpc) is 3.05. The Balaban J connectivity index is 1.97. The first-order valence-corrected chi connectivity index (χ1v) is 9.31. The third kappa shape index (κ3) is 3.18. The molecule has 6 heteroatoms. The first-order chi connectivity index (χ1) is 14.5. The Morgan fingerprint density at radius 3 is 2.20 bits per heavy atom. The number of carbonyl (C=O) groups is 2. The number of aliphatic hydroxyl groups is 1. The van der Waals surface area contributed by atoms with Crippen molar-refractivity contribution in [3.05, 3.63) is 95.6 Å². The van der Waals surface area contributed by atoms with E-state index in [0.29, 0.717) is 16.8 Å². The van der Waals surface area contributed by atoms with E-state index in [9.17, 15) is 19.8 Å². The van der Waals surface area contributed by atoms with E-state index in [1.807, 2.05) is 6.07 Å². The Kier molecular flexibility index (Phi) is 4.98. The molecule has 1 heterocycles. The quantitative estimate of drug-likeness (QED) is 0.392. The first-order valence-electron chi connectivity index (χ1n) is 9.31. The number of aliphatic hydroxyl groups excluding tert-OH is 1. The van der Waals surface area contributed by atoms with Gasteiger partial charge in [-0.15, -0.1) is 0 Å². The summed E-state index contributed by atoms with van der Waals surface area (Å²) in [5.74, 6) is -1.65. The minimum absolute atomic E-state index is 0.0252. The second kappa shape index (κ2) is 7.75. The van der Waals surface area contributed by atoms with Crippen molar-refractivity contribution in [2.75, 3.05) is 12.0 Å². The largest absolute Gasteiger partial charge is 0.507 e. The molecular weight excluding hydrogens is 382 g/mol. The number of hydrogen-bond donors (Lipinski definition) is 2. The maximum atomic E-state index is 13.0. The van der Waals surface area contributed by atoms with Gasteiger partial charge in [0, 0.05) is 11.3 Å². The highest BCUT2D eigenvalue weighted by Gasteiger charge is 2.47. The molecule has 1 aliphatic heterocycles. The number of rotatable bonds is 4. The Labute approximate surface area is 173 Å². The number of phenols is 1. The number of para-hydroxylation sites is 1. The van der Waals surface area contributed by atoms with E-state index >= 15 is 0 Å².